The fourth-order valence-electron chi connectivity index (χ4n) is 4.33. The van der Waals surface area contributed by atoms with Gasteiger partial charge < -0.3 is 19.2 Å². The first-order valence-electron chi connectivity index (χ1n) is 11.3. The number of morpholine rings is 1. The Balaban J connectivity index is 1.56. The number of pyridine rings is 1. The molecule has 4 aromatic rings. The number of ether oxygens (including phenoxy) is 2. The fourth-order valence-corrected chi connectivity index (χ4v) is 4.33. The number of carbonyl (C=O) groups is 1. The summed E-state index contributed by atoms with van der Waals surface area (Å²) in [7, 11) is 0. The summed E-state index contributed by atoms with van der Waals surface area (Å²) in [5, 5.41) is 0.632. The van der Waals surface area contributed by atoms with Crippen LogP contribution in [0, 0.1) is 5.82 Å². The summed E-state index contributed by atoms with van der Waals surface area (Å²) in [6.45, 7) is -0.276. The van der Waals surface area contributed by atoms with Crippen molar-refractivity contribution < 1.29 is 27.4 Å². The molecule has 0 saturated carbocycles. The smallest absolute Gasteiger partial charge is 0.387 e. The molecule has 0 aliphatic carbocycles. The summed E-state index contributed by atoms with van der Waals surface area (Å²) in [4.78, 5) is 27.0. The Kier molecular flexibility index (Phi) is 6.77. The van der Waals surface area contributed by atoms with Crippen LogP contribution in [-0.2, 0) is 9.53 Å². The number of alkyl halides is 2. The zero-order valence-electron chi connectivity index (χ0n) is 19.0. The van der Waals surface area contributed by atoms with Crippen molar-refractivity contribution in [3.63, 3.8) is 0 Å². The van der Waals surface area contributed by atoms with Crippen LogP contribution in [0.1, 0.15) is 17.2 Å². The van der Waals surface area contributed by atoms with E-state index in [0.717, 1.165) is 18.8 Å². The molecule has 0 bridgehead atoms. The summed E-state index contributed by atoms with van der Waals surface area (Å²) in [5.74, 6) is -1.83. The maximum Gasteiger partial charge on any atom is 0.387 e. The highest BCUT2D eigenvalue weighted by Crippen LogP contribution is 2.35. The van der Waals surface area contributed by atoms with Gasteiger partial charge in [-0.3, -0.25) is 4.98 Å². The lowest BCUT2D eigenvalue weighted by atomic mass is 9.93. The van der Waals surface area contributed by atoms with Crippen molar-refractivity contribution in [2.45, 2.75) is 12.5 Å². The van der Waals surface area contributed by atoms with E-state index in [1.54, 1.807) is 0 Å². The van der Waals surface area contributed by atoms with Gasteiger partial charge in [0.2, 0.25) is 0 Å². The molecule has 7 nitrogen and oxygen atoms in total. The standard InChI is InChI=1S/C26H21F3N4O3/c27-21-6-3-16(20(14-34)25-23(36-26(28)29)2-1-7-30-25)12-19(21)24-18-5-4-17(13-22(18)31-15-32-24)33-8-10-35-11-9-33/h1-7,12-15,20,26H,8-11H2. The number of halogens is 3. The number of fused-ring (bicyclic) bond motifs is 1. The molecule has 10 heteroatoms. The van der Waals surface area contributed by atoms with Gasteiger partial charge in [0, 0.05) is 35.9 Å². The number of aldehydes is 1. The molecule has 1 fully saturated rings. The summed E-state index contributed by atoms with van der Waals surface area (Å²) < 4.78 is 50.8. The average Bonchev–Trinajstić information content (AvgIpc) is 2.90. The third-order valence-electron chi connectivity index (χ3n) is 6.05. The fraction of sp³-hybridized carbons (Fsp3) is 0.231. The first kappa shape index (κ1) is 23.7. The van der Waals surface area contributed by atoms with Crippen LogP contribution >= 0.6 is 0 Å². The molecule has 0 spiro atoms. The molecule has 1 aliphatic heterocycles. The Morgan fingerprint density at radius 3 is 2.64 bits per heavy atom. The number of hydrogen-bond acceptors (Lipinski definition) is 7. The SMILES string of the molecule is O=CC(c1ccc(F)c(-c2ncnc3cc(N4CCOCC4)ccc23)c1)c1ncccc1OC(F)F. The highest BCUT2D eigenvalue weighted by Gasteiger charge is 2.23. The average molecular weight is 494 g/mol. The van der Waals surface area contributed by atoms with E-state index in [0.29, 0.717) is 41.7 Å². The number of carbonyl (C=O) groups excluding carboxylic acids is 1. The van der Waals surface area contributed by atoms with Gasteiger partial charge in [-0.1, -0.05) is 6.07 Å². The largest absolute Gasteiger partial charge is 0.433 e. The van der Waals surface area contributed by atoms with E-state index >= 15 is 4.39 Å². The molecule has 184 valence electrons. The van der Waals surface area contributed by atoms with Crippen LogP contribution in [0.3, 0.4) is 0 Å². The van der Waals surface area contributed by atoms with Gasteiger partial charge in [0.25, 0.3) is 0 Å². The van der Waals surface area contributed by atoms with Crippen molar-refractivity contribution >= 4 is 22.9 Å². The maximum atomic E-state index is 15.1. The zero-order chi connectivity index (χ0) is 25.1. The highest BCUT2D eigenvalue weighted by atomic mass is 19.3. The number of nitrogens with zero attached hydrogens (tertiary/aromatic N) is 4. The molecule has 2 aromatic heterocycles. The Bertz CT molecular complexity index is 1400. The second kappa shape index (κ2) is 10.3. The van der Waals surface area contributed by atoms with Gasteiger partial charge in [0.15, 0.2) is 0 Å². The summed E-state index contributed by atoms with van der Waals surface area (Å²) >= 11 is 0. The van der Waals surface area contributed by atoms with Crippen molar-refractivity contribution in [2.75, 3.05) is 31.2 Å². The lowest BCUT2D eigenvalue weighted by Gasteiger charge is -2.29. The Morgan fingerprint density at radius 2 is 1.86 bits per heavy atom. The predicted octanol–water partition coefficient (Wildman–Crippen LogP) is 4.60. The molecule has 5 rings (SSSR count). The van der Waals surface area contributed by atoms with E-state index in [9.17, 15) is 13.6 Å². The number of hydrogen-bond donors (Lipinski definition) is 0. The summed E-state index contributed by atoms with van der Waals surface area (Å²) in [5.41, 5.74) is 2.48. The van der Waals surface area contributed by atoms with E-state index in [-0.39, 0.29) is 17.0 Å². The Hall–Kier alpha value is -4.05. The molecule has 36 heavy (non-hydrogen) atoms. The minimum absolute atomic E-state index is 0.00746. The lowest BCUT2D eigenvalue weighted by Crippen LogP contribution is -2.36. The summed E-state index contributed by atoms with van der Waals surface area (Å²) in [6, 6.07) is 12.5. The van der Waals surface area contributed by atoms with Crippen LogP contribution < -0.4 is 9.64 Å². The predicted molar refractivity (Wildman–Crippen MR) is 127 cm³/mol. The number of benzene rings is 2. The van der Waals surface area contributed by atoms with Gasteiger partial charge in [-0.2, -0.15) is 8.78 Å². The Morgan fingerprint density at radius 1 is 1.03 bits per heavy atom. The highest BCUT2D eigenvalue weighted by molar-refractivity contribution is 5.94. The van der Waals surface area contributed by atoms with Crippen LogP contribution in [0.15, 0.2) is 61.1 Å². The maximum absolute atomic E-state index is 15.1. The molecule has 1 unspecified atom stereocenters. The van der Waals surface area contributed by atoms with E-state index in [2.05, 4.69) is 24.6 Å². The monoisotopic (exact) mass is 494 g/mol. The van der Waals surface area contributed by atoms with E-state index in [4.69, 9.17) is 4.74 Å². The normalized spacial score (nSPS) is 14.7. The Labute approximate surface area is 204 Å². The molecular weight excluding hydrogens is 473 g/mol. The third-order valence-corrected chi connectivity index (χ3v) is 6.05. The van der Waals surface area contributed by atoms with Gasteiger partial charge in [0.05, 0.1) is 36.0 Å². The molecular formula is C26H21F3N4O3. The first-order valence-corrected chi connectivity index (χ1v) is 11.3. The molecule has 0 amide bonds. The lowest BCUT2D eigenvalue weighted by molar-refractivity contribution is -0.108. The number of anilines is 1. The van der Waals surface area contributed by atoms with E-state index in [1.807, 2.05) is 18.2 Å². The molecule has 2 aromatic carbocycles. The third kappa shape index (κ3) is 4.72. The second-order valence-electron chi connectivity index (χ2n) is 8.14. The van der Waals surface area contributed by atoms with Crippen molar-refractivity contribution in [3.05, 3.63) is 78.1 Å². The molecule has 1 saturated heterocycles. The first-order chi connectivity index (χ1) is 17.5. The zero-order valence-corrected chi connectivity index (χ0v) is 19.0. The molecule has 3 heterocycles. The van der Waals surface area contributed by atoms with Crippen molar-refractivity contribution in [1.29, 1.82) is 0 Å². The minimum Gasteiger partial charge on any atom is -0.433 e. The molecule has 1 aliphatic rings. The minimum atomic E-state index is -3.08. The van der Waals surface area contributed by atoms with Gasteiger partial charge in [0.1, 0.15) is 24.2 Å². The van der Waals surface area contributed by atoms with Crippen LogP contribution in [-0.4, -0.2) is 54.2 Å². The van der Waals surface area contributed by atoms with Gasteiger partial charge in [-0.05, 0) is 48.0 Å². The molecule has 0 N–H and O–H groups in total. The van der Waals surface area contributed by atoms with Gasteiger partial charge in [-0.25, -0.2) is 14.4 Å². The van der Waals surface area contributed by atoms with Gasteiger partial charge >= 0.3 is 6.61 Å². The van der Waals surface area contributed by atoms with Gasteiger partial charge in [-0.15, -0.1) is 0 Å². The van der Waals surface area contributed by atoms with Crippen LogP contribution in [0.4, 0.5) is 18.9 Å². The second-order valence-corrected chi connectivity index (χ2v) is 8.14. The van der Waals surface area contributed by atoms with Crippen molar-refractivity contribution in [3.8, 4) is 17.0 Å². The van der Waals surface area contributed by atoms with Crippen LogP contribution in [0.2, 0.25) is 0 Å². The van der Waals surface area contributed by atoms with Crippen molar-refractivity contribution in [2.24, 2.45) is 0 Å². The topological polar surface area (TPSA) is 77.4 Å². The van der Waals surface area contributed by atoms with E-state index < -0.39 is 18.3 Å². The molecule has 0 radical (unpaired) electrons. The molecule has 1 atom stereocenters. The number of aromatic nitrogens is 3. The number of rotatable bonds is 7. The quantitative estimate of drug-likeness (QED) is 0.348. The van der Waals surface area contributed by atoms with Crippen molar-refractivity contribution in [1.82, 2.24) is 15.0 Å². The van der Waals surface area contributed by atoms with E-state index in [1.165, 1.54) is 42.9 Å². The van der Waals surface area contributed by atoms with Crippen LogP contribution in [0.25, 0.3) is 22.2 Å². The van der Waals surface area contributed by atoms with Crippen LogP contribution in [0.5, 0.6) is 5.75 Å². The summed E-state index contributed by atoms with van der Waals surface area (Å²) in [6.07, 6.45) is 3.29.